The number of carbonyl (C=O) groups excluding carboxylic acids is 2. The largest absolute Gasteiger partial charge is 0.496 e. The third kappa shape index (κ3) is 2.17. The van der Waals surface area contributed by atoms with E-state index in [1.54, 1.807) is 12.1 Å². The molecule has 0 aliphatic carbocycles. The lowest BCUT2D eigenvalue weighted by Gasteiger charge is -2.18. The van der Waals surface area contributed by atoms with Crippen LogP contribution in [0.15, 0.2) is 12.1 Å². The van der Waals surface area contributed by atoms with Crippen LogP contribution >= 0.6 is 0 Å². The van der Waals surface area contributed by atoms with Crippen LogP contribution in [0.4, 0.5) is 0 Å². The van der Waals surface area contributed by atoms with Crippen molar-refractivity contribution in [3.8, 4) is 17.2 Å². The van der Waals surface area contributed by atoms with Crippen LogP contribution in [0.25, 0.3) is 0 Å². The molecule has 0 spiro atoms. The third-order valence-corrected chi connectivity index (χ3v) is 3.48. The highest BCUT2D eigenvalue weighted by Gasteiger charge is 2.40. The highest BCUT2D eigenvalue weighted by atomic mass is 16.5. The van der Waals surface area contributed by atoms with Crippen LogP contribution in [-0.2, 0) is 9.59 Å². The lowest BCUT2D eigenvalue weighted by Crippen LogP contribution is -2.25. The lowest BCUT2D eigenvalue weighted by molar-refractivity contribution is -0.137. The number of imide groups is 1. The van der Waals surface area contributed by atoms with Crippen LogP contribution in [0, 0.1) is 0 Å². The predicted molar refractivity (Wildman–Crippen MR) is 71.2 cm³/mol. The number of carbonyl (C=O) groups is 2. The Labute approximate surface area is 117 Å². The van der Waals surface area contributed by atoms with Crippen molar-refractivity contribution in [1.29, 1.82) is 0 Å². The van der Waals surface area contributed by atoms with E-state index < -0.39 is 5.92 Å². The molecule has 6 heteroatoms. The molecule has 6 nitrogen and oxygen atoms in total. The van der Waals surface area contributed by atoms with Crippen molar-refractivity contribution in [1.82, 2.24) is 4.90 Å². The van der Waals surface area contributed by atoms with E-state index in [4.69, 9.17) is 14.2 Å². The van der Waals surface area contributed by atoms with Gasteiger partial charge >= 0.3 is 0 Å². The molecule has 1 aromatic rings. The van der Waals surface area contributed by atoms with Gasteiger partial charge in [0.05, 0.1) is 27.2 Å². The molecule has 0 bridgehead atoms. The summed E-state index contributed by atoms with van der Waals surface area (Å²) in [6.45, 7) is 0. The monoisotopic (exact) mass is 279 g/mol. The molecule has 108 valence electrons. The number of benzene rings is 1. The van der Waals surface area contributed by atoms with Gasteiger partial charge in [-0.25, -0.2) is 0 Å². The first-order valence-corrected chi connectivity index (χ1v) is 6.13. The van der Waals surface area contributed by atoms with E-state index in [9.17, 15) is 9.59 Å². The highest BCUT2D eigenvalue weighted by Crippen LogP contribution is 2.43. The first-order chi connectivity index (χ1) is 9.53. The summed E-state index contributed by atoms with van der Waals surface area (Å²) in [5.41, 5.74) is 0.582. The van der Waals surface area contributed by atoms with Crippen LogP contribution < -0.4 is 14.2 Å². The fourth-order valence-electron chi connectivity index (χ4n) is 2.36. The van der Waals surface area contributed by atoms with Crippen LogP contribution in [0.3, 0.4) is 0 Å². The molecule has 1 fully saturated rings. The first kappa shape index (κ1) is 14.2. The number of likely N-dealkylation sites (N-methyl/N-ethyl adjacent to an activating group) is 1. The normalized spacial score (nSPS) is 18.4. The Morgan fingerprint density at radius 1 is 1.05 bits per heavy atom. The quantitative estimate of drug-likeness (QED) is 0.774. The van der Waals surface area contributed by atoms with Gasteiger partial charge in [0.2, 0.25) is 11.8 Å². The summed E-state index contributed by atoms with van der Waals surface area (Å²) in [7, 11) is 6.02. The molecular formula is C14H17NO5. The second-order valence-electron chi connectivity index (χ2n) is 4.49. The molecule has 1 aliphatic rings. The number of hydrogen-bond acceptors (Lipinski definition) is 5. The van der Waals surface area contributed by atoms with E-state index in [0.29, 0.717) is 22.8 Å². The van der Waals surface area contributed by atoms with Gasteiger partial charge in [-0.05, 0) is 0 Å². The van der Waals surface area contributed by atoms with Crippen LogP contribution in [0.1, 0.15) is 17.9 Å². The maximum atomic E-state index is 12.2. The minimum absolute atomic E-state index is 0.119. The van der Waals surface area contributed by atoms with Gasteiger partial charge in [0, 0.05) is 31.2 Å². The molecule has 1 unspecified atom stereocenters. The van der Waals surface area contributed by atoms with Gasteiger partial charge < -0.3 is 14.2 Å². The van der Waals surface area contributed by atoms with E-state index in [1.807, 2.05) is 0 Å². The van der Waals surface area contributed by atoms with Crippen LogP contribution in [0.5, 0.6) is 17.2 Å². The number of nitrogens with zero attached hydrogens (tertiary/aromatic N) is 1. The Bertz CT molecular complexity index is 529. The molecule has 20 heavy (non-hydrogen) atoms. The molecule has 1 atom stereocenters. The molecule has 1 heterocycles. The summed E-state index contributed by atoms with van der Waals surface area (Å²) < 4.78 is 15.8. The van der Waals surface area contributed by atoms with Crippen molar-refractivity contribution in [3.63, 3.8) is 0 Å². The van der Waals surface area contributed by atoms with Gasteiger partial charge in [-0.2, -0.15) is 0 Å². The summed E-state index contributed by atoms with van der Waals surface area (Å²) in [5, 5.41) is 0. The Hall–Kier alpha value is -2.24. The molecule has 2 rings (SSSR count). The average molecular weight is 279 g/mol. The van der Waals surface area contributed by atoms with Crippen molar-refractivity contribution in [3.05, 3.63) is 17.7 Å². The number of likely N-dealkylation sites (tertiary alicyclic amines) is 1. The Balaban J connectivity index is 2.55. The molecule has 0 saturated carbocycles. The number of ether oxygens (including phenoxy) is 3. The Kier molecular flexibility index (Phi) is 3.83. The van der Waals surface area contributed by atoms with E-state index >= 15 is 0 Å². The van der Waals surface area contributed by atoms with Crippen LogP contribution in [0.2, 0.25) is 0 Å². The zero-order chi connectivity index (χ0) is 14.9. The smallest absolute Gasteiger partial charge is 0.237 e. The molecule has 2 amide bonds. The summed E-state index contributed by atoms with van der Waals surface area (Å²) in [6.07, 6.45) is 0.119. The topological polar surface area (TPSA) is 65.1 Å². The van der Waals surface area contributed by atoms with E-state index in [-0.39, 0.29) is 18.2 Å². The van der Waals surface area contributed by atoms with Gasteiger partial charge in [-0.15, -0.1) is 0 Å². The molecule has 1 aliphatic heterocycles. The van der Waals surface area contributed by atoms with Crippen molar-refractivity contribution in [2.24, 2.45) is 0 Å². The van der Waals surface area contributed by atoms with E-state index in [0.717, 1.165) is 4.90 Å². The molecule has 0 N–H and O–H groups in total. The summed E-state index contributed by atoms with van der Waals surface area (Å²) >= 11 is 0. The fraction of sp³-hybridized carbons (Fsp3) is 0.429. The maximum Gasteiger partial charge on any atom is 0.237 e. The van der Waals surface area contributed by atoms with Crippen molar-refractivity contribution in [2.45, 2.75) is 12.3 Å². The van der Waals surface area contributed by atoms with E-state index in [2.05, 4.69) is 0 Å². The number of methoxy groups -OCH3 is 3. The number of rotatable bonds is 4. The zero-order valence-corrected chi connectivity index (χ0v) is 11.9. The maximum absolute atomic E-state index is 12.2. The molecule has 1 saturated heterocycles. The number of amides is 2. The average Bonchev–Trinajstić information content (AvgIpc) is 2.73. The van der Waals surface area contributed by atoms with Gasteiger partial charge in [0.1, 0.15) is 17.2 Å². The molecule has 0 aromatic heterocycles. The lowest BCUT2D eigenvalue weighted by atomic mass is 9.95. The zero-order valence-electron chi connectivity index (χ0n) is 11.9. The molecule has 0 radical (unpaired) electrons. The second-order valence-corrected chi connectivity index (χ2v) is 4.49. The Morgan fingerprint density at radius 3 is 1.95 bits per heavy atom. The van der Waals surface area contributed by atoms with Gasteiger partial charge in [-0.3, -0.25) is 14.5 Å². The summed E-state index contributed by atoms with van der Waals surface area (Å²) in [4.78, 5) is 25.0. The number of hydrogen-bond donors (Lipinski definition) is 0. The highest BCUT2D eigenvalue weighted by molar-refractivity contribution is 6.06. The standard InChI is InChI=1S/C14H17NO5/c1-15-12(16)7-9(14(15)17)13-10(19-3)5-8(18-2)6-11(13)20-4/h5-6,9H,7H2,1-4H3. The van der Waals surface area contributed by atoms with Crippen molar-refractivity contribution >= 4 is 11.8 Å². The SMILES string of the molecule is COc1cc(OC)c(C2CC(=O)N(C)C2=O)c(OC)c1. The third-order valence-electron chi connectivity index (χ3n) is 3.48. The molecule has 1 aromatic carbocycles. The van der Waals surface area contributed by atoms with Crippen molar-refractivity contribution in [2.75, 3.05) is 28.4 Å². The minimum Gasteiger partial charge on any atom is -0.496 e. The molecular weight excluding hydrogens is 262 g/mol. The predicted octanol–water partition coefficient (Wildman–Crippen LogP) is 1.18. The Morgan fingerprint density at radius 2 is 1.60 bits per heavy atom. The summed E-state index contributed by atoms with van der Waals surface area (Å²) in [6, 6.07) is 3.35. The van der Waals surface area contributed by atoms with Crippen molar-refractivity contribution < 1.29 is 23.8 Å². The minimum atomic E-state index is -0.580. The second kappa shape index (κ2) is 5.40. The van der Waals surface area contributed by atoms with Gasteiger partial charge in [-0.1, -0.05) is 0 Å². The summed E-state index contributed by atoms with van der Waals surface area (Å²) in [5.74, 6) is 0.470. The van der Waals surface area contributed by atoms with Gasteiger partial charge in [0.15, 0.2) is 0 Å². The van der Waals surface area contributed by atoms with E-state index in [1.165, 1.54) is 28.4 Å². The van der Waals surface area contributed by atoms with Gasteiger partial charge in [0.25, 0.3) is 0 Å². The van der Waals surface area contributed by atoms with Crippen LogP contribution in [-0.4, -0.2) is 45.1 Å². The first-order valence-electron chi connectivity index (χ1n) is 6.13. The fourth-order valence-corrected chi connectivity index (χ4v) is 2.36.